The van der Waals surface area contributed by atoms with Crippen molar-refractivity contribution in [3.05, 3.63) is 27.2 Å². The lowest BCUT2D eigenvalue weighted by Gasteiger charge is -2.24. The van der Waals surface area contributed by atoms with E-state index in [0.717, 1.165) is 0 Å². The Bertz CT molecular complexity index is 543. The van der Waals surface area contributed by atoms with Gasteiger partial charge >= 0.3 is 5.97 Å². The molecule has 8 heteroatoms. The van der Waals surface area contributed by atoms with Gasteiger partial charge in [-0.05, 0) is 25.5 Å². The highest BCUT2D eigenvalue weighted by Crippen LogP contribution is 2.33. The molecule has 0 aromatic heterocycles. The highest BCUT2D eigenvalue weighted by atomic mass is 35.5. The maximum absolute atomic E-state index is 11.9. The molecule has 1 rings (SSSR count). The second-order valence-corrected chi connectivity index (χ2v) is 5.89. The minimum atomic E-state index is -1.18. The van der Waals surface area contributed by atoms with Crippen LogP contribution in [0, 0.1) is 0 Å². The molecule has 0 saturated heterocycles. The molecule has 1 unspecified atom stereocenters. The van der Waals surface area contributed by atoms with Crippen LogP contribution in [0.5, 0.6) is 0 Å². The lowest BCUT2D eigenvalue weighted by Crippen LogP contribution is -2.51. The highest BCUT2D eigenvalue weighted by Gasteiger charge is 2.30. The first-order chi connectivity index (χ1) is 9.69. The van der Waals surface area contributed by atoms with Crippen LogP contribution in [0.1, 0.15) is 20.3 Å². The number of hydrogen-bond donors (Lipinski definition) is 3. The summed E-state index contributed by atoms with van der Waals surface area (Å²) in [5, 5.41) is 15.1. The summed E-state index contributed by atoms with van der Waals surface area (Å²) in [4.78, 5) is 23.0. The molecule has 0 bridgehead atoms. The summed E-state index contributed by atoms with van der Waals surface area (Å²) >= 11 is 17.7. The van der Waals surface area contributed by atoms with E-state index in [4.69, 9.17) is 39.9 Å². The molecule has 0 saturated carbocycles. The minimum absolute atomic E-state index is 0.189. The summed E-state index contributed by atoms with van der Waals surface area (Å²) in [6, 6.07) is 2.90. The zero-order valence-electron chi connectivity index (χ0n) is 11.5. The number of carbonyl (C=O) groups excluding carboxylic acids is 1. The summed E-state index contributed by atoms with van der Waals surface area (Å²) in [7, 11) is 0. The van der Waals surface area contributed by atoms with Crippen molar-refractivity contribution < 1.29 is 14.7 Å². The van der Waals surface area contributed by atoms with E-state index in [1.807, 2.05) is 0 Å². The Morgan fingerprint density at radius 3 is 2.19 bits per heavy atom. The molecule has 21 heavy (non-hydrogen) atoms. The monoisotopic (exact) mass is 352 g/mol. The van der Waals surface area contributed by atoms with Crippen LogP contribution in [0.3, 0.4) is 0 Å². The van der Waals surface area contributed by atoms with E-state index in [0.29, 0.717) is 11.4 Å². The average Bonchev–Trinajstić information content (AvgIpc) is 2.39. The Balaban J connectivity index is 2.73. The number of carboxylic acids is 1. The highest BCUT2D eigenvalue weighted by molar-refractivity contribution is 6.42. The summed E-state index contributed by atoms with van der Waals surface area (Å²) in [6.07, 6.45) is 0.331. The van der Waals surface area contributed by atoms with Crippen molar-refractivity contribution in [3.63, 3.8) is 0 Å². The maximum atomic E-state index is 11.9. The fourth-order valence-corrected chi connectivity index (χ4v) is 2.38. The van der Waals surface area contributed by atoms with Crippen LogP contribution < -0.4 is 10.6 Å². The van der Waals surface area contributed by atoms with Crippen molar-refractivity contribution in [1.29, 1.82) is 0 Å². The van der Waals surface area contributed by atoms with Gasteiger partial charge in [-0.1, -0.05) is 41.7 Å². The molecular weight excluding hydrogens is 339 g/mol. The number of anilines is 1. The van der Waals surface area contributed by atoms with E-state index in [2.05, 4.69) is 10.6 Å². The van der Waals surface area contributed by atoms with Gasteiger partial charge in [-0.25, -0.2) is 0 Å². The Morgan fingerprint density at radius 1 is 1.24 bits per heavy atom. The largest absolute Gasteiger partial charge is 0.480 e. The third-order valence-electron chi connectivity index (χ3n) is 3.09. The molecular formula is C13H15Cl3N2O3. The first-order valence-corrected chi connectivity index (χ1v) is 7.26. The molecule has 1 aromatic carbocycles. The van der Waals surface area contributed by atoms with E-state index in [1.54, 1.807) is 6.92 Å². The second kappa shape index (κ2) is 7.31. The number of amides is 1. The number of hydrogen-bond acceptors (Lipinski definition) is 3. The van der Waals surface area contributed by atoms with Crippen molar-refractivity contribution in [3.8, 4) is 0 Å². The molecule has 0 heterocycles. The van der Waals surface area contributed by atoms with Gasteiger partial charge in [0.05, 0.1) is 22.3 Å². The van der Waals surface area contributed by atoms with Crippen molar-refractivity contribution in [2.75, 3.05) is 11.9 Å². The van der Waals surface area contributed by atoms with Crippen LogP contribution in [0.15, 0.2) is 12.1 Å². The molecule has 0 aliphatic heterocycles. The fourth-order valence-electron chi connectivity index (χ4n) is 1.47. The lowest BCUT2D eigenvalue weighted by atomic mass is 9.99. The Morgan fingerprint density at radius 2 is 1.76 bits per heavy atom. The maximum Gasteiger partial charge on any atom is 0.323 e. The SMILES string of the molecule is CCC(C)(NCC(=O)Nc1c(Cl)cc(Cl)cc1Cl)C(=O)O. The van der Waals surface area contributed by atoms with E-state index < -0.39 is 17.4 Å². The van der Waals surface area contributed by atoms with Gasteiger partial charge in [0.2, 0.25) is 5.91 Å². The molecule has 116 valence electrons. The summed E-state index contributed by atoms with van der Waals surface area (Å²) < 4.78 is 0. The number of aliphatic carboxylic acids is 1. The lowest BCUT2D eigenvalue weighted by molar-refractivity contribution is -0.144. The molecule has 1 amide bonds. The zero-order valence-corrected chi connectivity index (χ0v) is 13.7. The van der Waals surface area contributed by atoms with Gasteiger partial charge in [-0.15, -0.1) is 0 Å². The van der Waals surface area contributed by atoms with Crippen molar-refractivity contribution in [2.24, 2.45) is 0 Å². The van der Waals surface area contributed by atoms with E-state index in [1.165, 1.54) is 19.1 Å². The second-order valence-electron chi connectivity index (χ2n) is 4.64. The smallest absolute Gasteiger partial charge is 0.323 e. The van der Waals surface area contributed by atoms with Crippen molar-refractivity contribution in [2.45, 2.75) is 25.8 Å². The van der Waals surface area contributed by atoms with Crippen LogP contribution in [-0.4, -0.2) is 29.1 Å². The Kier molecular flexibility index (Phi) is 6.28. The normalized spacial score (nSPS) is 13.6. The number of benzene rings is 1. The molecule has 1 aromatic rings. The molecule has 0 fully saturated rings. The quantitative estimate of drug-likeness (QED) is 0.732. The van der Waals surface area contributed by atoms with Gasteiger partial charge in [0.15, 0.2) is 0 Å². The zero-order chi connectivity index (χ0) is 16.2. The molecule has 5 nitrogen and oxygen atoms in total. The van der Waals surface area contributed by atoms with Gasteiger partial charge < -0.3 is 10.4 Å². The van der Waals surface area contributed by atoms with E-state index in [-0.39, 0.29) is 22.3 Å². The molecule has 0 radical (unpaired) electrons. The molecule has 1 atom stereocenters. The van der Waals surface area contributed by atoms with Crippen LogP contribution in [-0.2, 0) is 9.59 Å². The Labute approximate surface area is 137 Å². The topological polar surface area (TPSA) is 78.4 Å². The van der Waals surface area contributed by atoms with Gasteiger partial charge in [0, 0.05) is 5.02 Å². The van der Waals surface area contributed by atoms with E-state index in [9.17, 15) is 9.59 Å². The van der Waals surface area contributed by atoms with Gasteiger partial charge in [0.25, 0.3) is 0 Å². The standard InChI is InChI=1S/C13H15Cl3N2O3/c1-3-13(2,12(20)21)17-6-10(19)18-11-8(15)4-7(14)5-9(11)16/h4-5,17H,3,6H2,1-2H3,(H,18,19)(H,20,21). The number of carbonyl (C=O) groups is 2. The van der Waals surface area contributed by atoms with Crippen LogP contribution in [0.25, 0.3) is 0 Å². The van der Waals surface area contributed by atoms with Crippen molar-refractivity contribution >= 4 is 52.4 Å². The van der Waals surface area contributed by atoms with Crippen molar-refractivity contribution in [1.82, 2.24) is 5.32 Å². The third kappa shape index (κ3) is 4.74. The molecule has 0 spiro atoms. The third-order valence-corrected chi connectivity index (χ3v) is 3.90. The summed E-state index contributed by atoms with van der Waals surface area (Å²) in [5.74, 6) is -1.48. The Hall–Kier alpha value is -1.01. The fraction of sp³-hybridized carbons (Fsp3) is 0.385. The molecule has 3 N–H and O–H groups in total. The predicted octanol–water partition coefficient (Wildman–Crippen LogP) is 3.43. The molecule has 0 aliphatic carbocycles. The number of carboxylic acid groups (broad SMARTS) is 1. The van der Waals surface area contributed by atoms with Gasteiger partial charge in [-0.3, -0.25) is 14.9 Å². The first kappa shape index (κ1) is 18.0. The predicted molar refractivity (Wildman–Crippen MR) is 84.4 cm³/mol. The average molecular weight is 354 g/mol. The van der Waals surface area contributed by atoms with Crippen LogP contribution in [0.4, 0.5) is 5.69 Å². The van der Waals surface area contributed by atoms with Gasteiger partial charge in [0.1, 0.15) is 5.54 Å². The molecule has 0 aliphatic rings. The van der Waals surface area contributed by atoms with Crippen LogP contribution in [0.2, 0.25) is 15.1 Å². The first-order valence-electron chi connectivity index (χ1n) is 6.12. The van der Waals surface area contributed by atoms with Gasteiger partial charge in [-0.2, -0.15) is 0 Å². The minimum Gasteiger partial charge on any atom is -0.480 e. The number of nitrogens with one attached hydrogen (secondary N) is 2. The number of rotatable bonds is 6. The van der Waals surface area contributed by atoms with E-state index >= 15 is 0 Å². The summed E-state index contributed by atoms with van der Waals surface area (Å²) in [6.45, 7) is 3.03. The summed E-state index contributed by atoms with van der Waals surface area (Å²) in [5.41, 5.74) is -0.937. The van der Waals surface area contributed by atoms with Crippen LogP contribution >= 0.6 is 34.8 Å². The number of halogens is 3.